The van der Waals surface area contributed by atoms with Gasteiger partial charge in [0.05, 0.1) is 11.3 Å². The third kappa shape index (κ3) is 1.56. The Labute approximate surface area is 100 Å². The molecule has 2 rings (SSSR count). The van der Waals surface area contributed by atoms with Gasteiger partial charge in [0.25, 0.3) is 0 Å². The van der Waals surface area contributed by atoms with E-state index in [9.17, 15) is 0 Å². The van der Waals surface area contributed by atoms with Gasteiger partial charge < -0.3 is 10.5 Å². The molecule has 0 saturated carbocycles. The van der Waals surface area contributed by atoms with E-state index in [4.69, 9.17) is 10.5 Å². The first-order valence-electron chi connectivity index (χ1n) is 4.32. The van der Waals surface area contributed by atoms with E-state index in [1.807, 2.05) is 13.0 Å². The minimum atomic E-state index is 0.674. The Morgan fingerprint density at radius 1 is 1.57 bits per heavy atom. The molecule has 0 aliphatic rings. The quantitative estimate of drug-likeness (QED) is 0.679. The molecule has 0 amide bonds. The van der Waals surface area contributed by atoms with E-state index in [0.29, 0.717) is 6.61 Å². The molecule has 0 bridgehead atoms. The van der Waals surface area contributed by atoms with Crippen LogP contribution < -0.4 is 10.5 Å². The summed E-state index contributed by atoms with van der Waals surface area (Å²) in [4.78, 5) is 0. The molecule has 0 unspecified atom stereocenters. The number of thiophene rings is 1. The summed E-state index contributed by atoms with van der Waals surface area (Å²) in [5, 5.41) is 3.26. The van der Waals surface area contributed by atoms with E-state index in [0.717, 1.165) is 15.0 Å². The molecule has 2 N–H and O–H groups in total. The molecular weight excluding hydrogens is 309 g/mol. The zero-order valence-electron chi connectivity index (χ0n) is 7.71. The van der Waals surface area contributed by atoms with Gasteiger partial charge in [-0.05, 0) is 41.0 Å². The Morgan fingerprint density at radius 3 is 3.07 bits per heavy atom. The van der Waals surface area contributed by atoms with E-state index < -0.39 is 0 Å². The van der Waals surface area contributed by atoms with Gasteiger partial charge in [-0.1, -0.05) is 0 Å². The fourth-order valence-electron chi connectivity index (χ4n) is 1.36. The number of hydrogen-bond donors (Lipinski definition) is 1. The molecule has 0 fully saturated rings. The van der Waals surface area contributed by atoms with E-state index in [1.54, 1.807) is 11.3 Å². The lowest BCUT2D eigenvalue weighted by Gasteiger charge is -2.07. The van der Waals surface area contributed by atoms with Crippen LogP contribution >= 0.6 is 33.9 Å². The van der Waals surface area contributed by atoms with Crippen LogP contribution in [0.5, 0.6) is 5.75 Å². The molecule has 2 nitrogen and oxygen atoms in total. The number of hydrogen-bond acceptors (Lipinski definition) is 3. The van der Waals surface area contributed by atoms with Gasteiger partial charge in [0.2, 0.25) is 0 Å². The fourth-order valence-corrected chi connectivity index (χ4v) is 3.02. The lowest BCUT2D eigenvalue weighted by atomic mass is 10.2. The molecule has 0 radical (unpaired) electrons. The normalized spacial score (nSPS) is 10.7. The molecular formula is C10H10INOS. The zero-order valence-corrected chi connectivity index (χ0v) is 10.7. The van der Waals surface area contributed by atoms with Gasteiger partial charge >= 0.3 is 0 Å². The molecule has 1 aromatic carbocycles. The van der Waals surface area contributed by atoms with Gasteiger partial charge in [0, 0.05) is 20.7 Å². The largest absolute Gasteiger partial charge is 0.492 e. The van der Waals surface area contributed by atoms with Crippen molar-refractivity contribution in [3.05, 3.63) is 21.1 Å². The van der Waals surface area contributed by atoms with Gasteiger partial charge in [0.15, 0.2) is 0 Å². The van der Waals surface area contributed by atoms with E-state index >= 15 is 0 Å². The van der Waals surface area contributed by atoms with Crippen LogP contribution in [-0.2, 0) is 0 Å². The number of nitrogen functional groups attached to an aromatic ring is 1. The van der Waals surface area contributed by atoms with Crippen LogP contribution in [0.4, 0.5) is 5.69 Å². The summed E-state index contributed by atoms with van der Waals surface area (Å²) in [6.07, 6.45) is 0. The number of anilines is 1. The van der Waals surface area contributed by atoms with Crippen LogP contribution in [0.25, 0.3) is 10.1 Å². The Balaban J connectivity index is 2.71. The summed E-state index contributed by atoms with van der Waals surface area (Å²) in [6.45, 7) is 2.65. The molecule has 0 aliphatic heterocycles. The van der Waals surface area contributed by atoms with Crippen LogP contribution in [0.2, 0.25) is 0 Å². The predicted molar refractivity (Wildman–Crippen MR) is 70.1 cm³/mol. The van der Waals surface area contributed by atoms with Crippen molar-refractivity contribution < 1.29 is 4.74 Å². The molecule has 4 heteroatoms. The van der Waals surface area contributed by atoms with Crippen molar-refractivity contribution in [2.75, 3.05) is 12.3 Å². The van der Waals surface area contributed by atoms with Gasteiger partial charge in [-0.15, -0.1) is 11.3 Å². The van der Waals surface area contributed by atoms with Crippen LogP contribution in [0.15, 0.2) is 17.5 Å². The second-order valence-electron chi connectivity index (χ2n) is 2.87. The molecule has 0 spiro atoms. The Bertz CT molecular complexity index is 466. The molecule has 0 aliphatic carbocycles. The van der Waals surface area contributed by atoms with Gasteiger partial charge in [-0.25, -0.2) is 0 Å². The summed E-state index contributed by atoms with van der Waals surface area (Å²) >= 11 is 3.96. The Hall–Kier alpha value is -0.490. The highest BCUT2D eigenvalue weighted by Gasteiger charge is 2.09. The molecule has 1 heterocycles. The highest BCUT2D eigenvalue weighted by molar-refractivity contribution is 14.1. The highest BCUT2D eigenvalue weighted by Crippen LogP contribution is 2.37. The van der Waals surface area contributed by atoms with Gasteiger partial charge in [-0.2, -0.15) is 0 Å². The zero-order chi connectivity index (χ0) is 10.1. The Morgan fingerprint density at radius 2 is 2.36 bits per heavy atom. The van der Waals surface area contributed by atoms with Crippen molar-refractivity contribution >= 4 is 49.7 Å². The molecule has 1 aromatic heterocycles. The third-order valence-electron chi connectivity index (χ3n) is 1.97. The van der Waals surface area contributed by atoms with Crippen molar-refractivity contribution in [2.24, 2.45) is 0 Å². The first-order valence-corrected chi connectivity index (χ1v) is 6.28. The molecule has 2 aromatic rings. The first-order chi connectivity index (χ1) is 6.74. The maximum Gasteiger partial charge on any atom is 0.139 e. The van der Waals surface area contributed by atoms with Crippen LogP contribution in [0.1, 0.15) is 6.92 Å². The monoisotopic (exact) mass is 319 g/mol. The smallest absolute Gasteiger partial charge is 0.139 e. The number of nitrogens with two attached hydrogens (primary N) is 1. The molecule has 14 heavy (non-hydrogen) atoms. The van der Waals surface area contributed by atoms with Crippen LogP contribution in [0, 0.1) is 3.57 Å². The van der Waals surface area contributed by atoms with Crippen LogP contribution in [0.3, 0.4) is 0 Å². The standard InChI is InChI=1S/C10H10INOS/c1-2-13-8-5-7(12)9(11)6-3-4-14-10(6)8/h3-5H,2,12H2,1H3. The number of halogens is 1. The summed E-state index contributed by atoms with van der Waals surface area (Å²) < 4.78 is 7.84. The van der Waals surface area contributed by atoms with Crippen LogP contribution in [-0.4, -0.2) is 6.61 Å². The summed E-state index contributed by atoms with van der Waals surface area (Å²) in [5.74, 6) is 0.899. The highest BCUT2D eigenvalue weighted by atomic mass is 127. The van der Waals surface area contributed by atoms with E-state index in [-0.39, 0.29) is 0 Å². The third-order valence-corrected chi connectivity index (χ3v) is 4.10. The summed E-state index contributed by atoms with van der Waals surface area (Å²) in [6, 6.07) is 3.99. The van der Waals surface area contributed by atoms with E-state index in [2.05, 4.69) is 34.0 Å². The Kier molecular flexibility index (Phi) is 2.83. The summed E-state index contributed by atoms with van der Waals surface area (Å²) in [7, 11) is 0. The van der Waals surface area contributed by atoms with Crippen molar-refractivity contribution in [2.45, 2.75) is 6.92 Å². The number of rotatable bonds is 2. The van der Waals surface area contributed by atoms with Gasteiger partial charge in [-0.3, -0.25) is 0 Å². The second-order valence-corrected chi connectivity index (χ2v) is 4.87. The van der Waals surface area contributed by atoms with Crippen molar-refractivity contribution in [1.29, 1.82) is 0 Å². The van der Waals surface area contributed by atoms with E-state index in [1.165, 1.54) is 10.1 Å². The predicted octanol–water partition coefficient (Wildman–Crippen LogP) is 3.49. The molecule has 0 saturated heterocycles. The molecule has 74 valence electrons. The lowest BCUT2D eigenvalue weighted by molar-refractivity contribution is 0.345. The number of fused-ring (bicyclic) bond motifs is 1. The number of benzene rings is 1. The fraction of sp³-hybridized carbons (Fsp3) is 0.200. The number of ether oxygens (including phenoxy) is 1. The van der Waals surface area contributed by atoms with Crippen molar-refractivity contribution in [3.8, 4) is 5.75 Å². The molecule has 0 atom stereocenters. The van der Waals surface area contributed by atoms with Crippen molar-refractivity contribution in [1.82, 2.24) is 0 Å². The topological polar surface area (TPSA) is 35.2 Å². The maximum absolute atomic E-state index is 5.89. The SMILES string of the molecule is CCOc1cc(N)c(I)c2ccsc12. The first kappa shape index (κ1) is 10.0. The average molecular weight is 319 g/mol. The lowest BCUT2D eigenvalue weighted by Crippen LogP contribution is -1.95. The summed E-state index contributed by atoms with van der Waals surface area (Å²) in [5.41, 5.74) is 6.68. The average Bonchev–Trinajstić information content (AvgIpc) is 2.63. The minimum Gasteiger partial charge on any atom is -0.492 e. The van der Waals surface area contributed by atoms with Gasteiger partial charge in [0.1, 0.15) is 5.75 Å². The minimum absolute atomic E-state index is 0.674. The van der Waals surface area contributed by atoms with Crippen molar-refractivity contribution in [3.63, 3.8) is 0 Å². The maximum atomic E-state index is 5.89. The second kappa shape index (κ2) is 3.94.